The van der Waals surface area contributed by atoms with E-state index in [4.69, 9.17) is 4.42 Å². The summed E-state index contributed by atoms with van der Waals surface area (Å²) >= 11 is 1.21. The van der Waals surface area contributed by atoms with E-state index in [0.717, 1.165) is 0 Å². The van der Waals surface area contributed by atoms with E-state index in [1.807, 2.05) is 13.8 Å². The van der Waals surface area contributed by atoms with Gasteiger partial charge in [-0.15, -0.1) is 10.2 Å². The highest BCUT2D eigenvalue weighted by Crippen LogP contribution is 2.25. The Balaban J connectivity index is 1.83. The summed E-state index contributed by atoms with van der Waals surface area (Å²) in [6, 6.07) is 0. The van der Waals surface area contributed by atoms with E-state index in [1.165, 1.54) is 11.8 Å². The van der Waals surface area contributed by atoms with Gasteiger partial charge in [0.2, 0.25) is 11.8 Å². The number of nitrogens with zero attached hydrogens (tertiary/aromatic N) is 2. The SMILES string of the molecule is CC(C)CNC(=O)[C@H](C)Sc1nnc(C[C@@H]2CCS(=O)(=O)C2)o1. The van der Waals surface area contributed by atoms with Crippen molar-refractivity contribution in [3.8, 4) is 0 Å². The topological polar surface area (TPSA) is 102 Å². The molecule has 0 aromatic carbocycles. The van der Waals surface area contributed by atoms with Crippen molar-refractivity contribution in [3.05, 3.63) is 5.89 Å². The molecule has 1 amide bonds. The first kappa shape index (κ1) is 18.3. The van der Waals surface area contributed by atoms with Crippen LogP contribution in [0.1, 0.15) is 33.1 Å². The number of rotatable bonds is 7. The Kier molecular flexibility index (Phi) is 6.07. The normalized spacial score (nSPS) is 21.5. The van der Waals surface area contributed by atoms with Crippen LogP contribution in [0.4, 0.5) is 0 Å². The van der Waals surface area contributed by atoms with Gasteiger partial charge in [0, 0.05) is 13.0 Å². The predicted octanol–water partition coefficient (Wildman–Crippen LogP) is 1.30. The van der Waals surface area contributed by atoms with Crippen LogP contribution >= 0.6 is 11.8 Å². The second kappa shape index (κ2) is 7.65. The van der Waals surface area contributed by atoms with E-state index in [-0.39, 0.29) is 28.6 Å². The monoisotopic (exact) mass is 361 g/mol. The highest BCUT2D eigenvalue weighted by atomic mass is 32.2. The Morgan fingerprint density at radius 1 is 1.39 bits per heavy atom. The van der Waals surface area contributed by atoms with Crippen LogP contribution in [0.2, 0.25) is 0 Å². The third-order valence-corrected chi connectivity index (χ3v) is 6.34. The summed E-state index contributed by atoms with van der Waals surface area (Å²) in [6.07, 6.45) is 1.11. The molecule has 1 fully saturated rings. The summed E-state index contributed by atoms with van der Waals surface area (Å²) in [4.78, 5) is 11.9. The lowest BCUT2D eigenvalue weighted by Gasteiger charge is -2.11. The van der Waals surface area contributed by atoms with Crippen molar-refractivity contribution in [1.82, 2.24) is 15.5 Å². The van der Waals surface area contributed by atoms with Gasteiger partial charge in [0.25, 0.3) is 5.22 Å². The van der Waals surface area contributed by atoms with Crippen LogP contribution in [0.5, 0.6) is 0 Å². The Morgan fingerprint density at radius 3 is 2.74 bits per heavy atom. The van der Waals surface area contributed by atoms with E-state index >= 15 is 0 Å². The number of carbonyl (C=O) groups excluding carboxylic acids is 1. The van der Waals surface area contributed by atoms with Crippen molar-refractivity contribution in [2.75, 3.05) is 18.1 Å². The molecule has 1 N–H and O–H groups in total. The minimum Gasteiger partial charge on any atom is -0.416 e. The third kappa shape index (κ3) is 5.80. The van der Waals surface area contributed by atoms with Gasteiger partial charge in [-0.05, 0) is 25.2 Å². The van der Waals surface area contributed by atoms with Crippen molar-refractivity contribution in [2.24, 2.45) is 11.8 Å². The van der Waals surface area contributed by atoms with Crippen LogP contribution < -0.4 is 5.32 Å². The smallest absolute Gasteiger partial charge is 0.277 e. The first-order valence-electron chi connectivity index (χ1n) is 7.72. The van der Waals surface area contributed by atoms with Crippen LogP contribution in [0.25, 0.3) is 0 Å². The molecule has 0 spiro atoms. The maximum absolute atomic E-state index is 11.9. The highest BCUT2D eigenvalue weighted by molar-refractivity contribution is 8.00. The first-order chi connectivity index (χ1) is 10.7. The quantitative estimate of drug-likeness (QED) is 0.730. The van der Waals surface area contributed by atoms with E-state index in [9.17, 15) is 13.2 Å². The Morgan fingerprint density at radius 2 is 2.13 bits per heavy atom. The number of thioether (sulfide) groups is 1. The van der Waals surface area contributed by atoms with E-state index in [2.05, 4.69) is 15.5 Å². The molecule has 130 valence electrons. The van der Waals surface area contributed by atoms with Crippen molar-refractivity contribution in [3.63, 3.8) is 0 Å². The van der Waals surface area contributed by atoms with Crippen LogP contribution in [-0.4, -0.2) is 47.8 Å². The molecule has 1 aromatic heterocycles. The van der Waals surface area contributed by atoms with Gasteiger partial charge in [-0.25, -0.2) is 8.42 Å². The maximum atomic E-state index is 11.9. The second-order valence-electron chi connectivity index (χ2n) is 6.33. The van der Waals surface area contributed by atoms with Gasteiger partial charge >= 0.3 is 0 Å². The minimum absolute atomic E-state index is 0.0464. The summed E-state index contributed by atoms with van der Waals surface area (Å²) in [5.74, 6) is 1.24. The van der Waals surface area contributed by atoms with E-state index in [1.54, 1.807) is 6.92 Å². The molecule has 7 nitrogen and oxygen atoms in total. The van der Waals surface area contributed by atoms with E-state index < -0.39 is 9.84 Å². The molecule has 2 atom stereocenters. The van der Waals surface area contributed by atoms with Crippen molar-refractivity contribution in [1.29, 1.82) is 0 Å². The highest BCUT2D eigenvalue weighted by Gasteiger charge is 2.29. The Hall–Kier alpha value is -1.09. The first-order valence-corrected chi connectivity index (χ1v) is 10.4. The number of hydrogen-bond donors (Lipinski definition) is 1. The third-order valence-electron chi connectivity index (χ3n) is 3.57. The van der Waals surface area contributed by atoms with E-state index in [0.29, 0.717) is 36.4 Å². The molecule has 9 heteroatoms. The number of sulfone groups is 1. The molecule has 0 aliphatic carbocycles. The largest absolute Gasteiger partial charge is 0.416 e. The molecule has 2 heterocycles. The molecule has 1 aliphatic rings. The summed E-state index contributed by atoms with van der Waals surface area (Å²) in [6.45, 7) is 6.49. The van der Waals surface area contributed by atoms with Gasteiger partial charge in [0.05, 0.1) is 16.8 Å². The zero-order valence-electron chi connectivity index (χ0n) is 13.6. The van der Waals surface area contributed by atoms with Gasteiger partial charge < -0.3 is 9.73 Å². The van der Waals surface area contributed by atoms with Crippen molar-refractivity contribution >= 4 is 27.5 Å². The zero-order valence-corrected chi connectivity index (χ0v) is 15.2. The van der Waals surface area contributed by atoms with Gasteiger partial charge in [0.15, 0.2) is 9.84 Å². The summed E-state index contributed by atoms with van der Waals surface area (Å²) in [7, 11) is -2.90. The fourth-order valence-electron chi connectivity index (χ4n) is 2.30. The summed E-state index contributed by atoms with van der Waals surface area (Å²) in [5, 5.41) is 10.8. The standard InChI is InChI=1S/C14H23N3O4S2/c1-9(2)7-15-13(18)10(3)22-14-17-16-12(21-14)6-11-4-5-23(19,20)8-11/h9-11H,4-8H2,1-3H3,(H,15,18)/t10-,11-/m0/s1. The molecule has 0 unspecified atom stereocenters. The average molecular weight is 361 g/mol. The molecular formula is C14H23N3O4S2. The van der Waals surface area contributed by atoms with Gasteiger partial charge in [0.1, 0.15) is 0 Å². The van der Waals surface area contributed by atoms with Crippen molar-refractivity contribution in [2.45, 2.75) is 44.1 Å². The van der Waals surface area contributed by atoms with Crippen LogP contribution in [0, 0.1) is 11.8 Å². The predicted molar refractivity (Wildman–Crippen MR) is 87.9 cm³/mol. The molecule has 0 radical (unpaired) electrons. The van der Waals surface area contributed by atoms with Crippen LogP contribution in [0.3, 0.4) is 0 Å². The molecule has 1 saturated heterocycles. The molecule has 1 aromatic rings. The maximum Gasteiger partial charge on any atom is 0.277 e. The van der Waals surface area contributed by atoms with Crippen molar-refractivity contribution < 1.29 is 17.6 Å². The average Bonchev–Trinajstić information content (AvgIpc) is 3.02. The molecule has 0 saturated carbocycles. The van der Waals surface area contributed by atoms with Gasteiger partial charge in [-0.1, -0.05) is 25.6 Å². The van der Waals surface area contributed by atoms with Crippen LogP contribution in [0.15, 0.2) is 9.64 Å². The van der Waals surface area contributed by atoms with Gasteiger partial charge in [-0.2, -0.15) is 0 Å². The molecular weight excluding hydrogens is 338 g/mol. The zero-order chi connectivity index (χ0) is 17.0. The number of carbonyl (C=O) groups is 1. The van der Waals surface area contributed by atoms with Crippen LogP contribution in [-0.2, 0) is 21.1 Å². The lowest BCUT2D eigenvalue weighted by atomic mass is 10.1. The number of aromatic nitrogens is 2. The fraction of sp³-hybridized carbons (Fsp3) is 0.786. The number of hydrogen-bond acceptors (Lipinski definition) is 7. The number of amides is 1. The summed E-state index contributed by atoms with van der Waals surface area (Å²) in [5.41, 5.74) is 0. The number of nitrogens with one attached hydrogen (secondary N) is 1. The molecule has 23 heavy (non-hydrogen) atoms. The van der Waals surface area contributed by atoms with Gasteiger partial charge in [-0.3, -0.25) is 4.79 Å². The molecule has 1 aliphatic heterocycles. The Bertz CT molecular complexity index is 642. The fourth-order valence-corrected chi connectivity index (χ4v) is 4.89. The molecule has 2 rings (SSSR count). The lowest BCUT2D eigenvalue weighted by molar-refractivity contribution is -0.120. The lowest BCUT2D eigenvalue weighted by Crippen LogP contribution is -2.33. The minimum atomic E-state index is -2.90. The molecule has 0 bridgehead atoms. The summed E-state index contributed by atoms with van der Waals surface area (Å²) < 4.78 is 28.4. The second-order valence-corrected chi connectivity index (χ2v) is 9.85. The Labute approximate surface area is 140 Å².